The molecular weight excluding hydrogens is 400 g/mol. The number of fused-ring (bicyclic) bond motifs is 2. The monoisotopic (exact) mass is 420 g/mol. The Morgan fingerprint density at radius 1 is 1.40 bits per heavy atom. The number of likely N-dealkylation sites (tertiary alicyclic amines) is 1. The Balaban J connectivity index is 1.21. The van der Waals surface area contributed by atoms with Gasteiger partial charge >= 0.3 is 0 Å². The molecule has 2 aromatic heterocycles. The van der Waals surface area contributed by atoms with E-state index in [9.17, 15) is 9.59 Å². The molecule has 7 nitrogen and oxygen atoms in total. The van der Waals surface area contributed by atoms with Gasteiger partial charge < -0.3 is 19.9 Å². The topological polar surface area (TPSA) is 87.3 Å². The number of benzene rings is 1. The number of rotatable bonds is 5. The van der Waals surface area contributed by atoms with Crippen LogP contribution in [0, 0.1) is 11.8 Å². The second kappa shape index (κ2) is 6.52. The largest absolute Gasteiger partial charge is 0.361 e. The number of hydrogen-bond acceptors (Lipinski definition) is 5. The number of para-hydroxylation sites is 1. The summed E-state index contributed by atoms with van der Waals surface area (Å²) in [5.74, 6) is -1.20. The molecule has 0 unspecified atom stereocenters. The van der Waals surface area contributed by atoms with Gasteiger partial charge in [0.1, 0.15) is 5.60 Å². The van der Waals surface area contributed by atoms with Crippen molar-refractivity contribution in [2.24, 2.45) is 11.8 Å². The molecule has 6 rings (SSSR count). The molecule has 30 heavy (non-hydrogen) atoms. The van der Waals surface area contributed by atoms with E-state index in [0.717, 1.165) is 11.9 Å². The lowest BCUT2D eigenvalue weighted by Gasteiger charge is -2.23. The Kier molecular flexibility index (Phi) is 3.88. The van der Waals surface area contributed by atoms with E-state index in [4.69, 9.17) is 4.74 Å². The summed E-state index contributed by atoms with van der Waals surface area (Å²) in [6, 6.07) is 8.16. The SMILES string of the molecule is O=C(Nc1nccs1)[C@H]1[C@H]2C(=O)N(CCc3c[nH]c4ccccc34)C[C@@]23C=C[C@H]1O3. The van der Waals surface area contributed by atoms with Gasteiger partial charge in [-0.05, 0) is 18.1 Å². The second-order valence-electron chi connectivity index (χ2n) is 8.10. The summed E-state index contributed by atoms with van der Waals surface area (Å²) in [7, 11) is 0. The standard InChI is InChI=1S/C22H20N4O3S/c27-19(25-21-23-8-10-30-21)17-16-5-7-22(29-16)12-26(20(28)18(17)22)9-6-13-11-24-15-4-2-1-3-14(13)15/h1-5,7-8,10-11,16-18,24H,6,9,12H2,(H,23,25,27)/t16-,17-,18+,22+/m1/s1. The number of anilines is 1. The van der Waals surface area contributed by atoms with E-state index in [1.54, 1.807) is 6.20 Å². The van der Waals surface area contributed by atoms with Crippen molar-refractivity contribution < 1.29 is 14.3 Å². The summed E-state index contributed by atoms with van der Waals surface area (Å²) in [5.41, 5.74) is 1.60. The van der Waals surface area contributed by atoms with E-state index in [2.05, 4.69) is 21.4 Å². The van der Waals surface area contributed by atoms with Crippen molar-refractivity contribution in [2.75, 3.05) is 18.4 Å². The van der Waals surface area contributed by atoms with E-state index in [0.29, 0.717) is 18.2 Å². The van der Waals surface area contributed by atoms with Crippen LogP contribution in [0.4, 0.5) is 5.13 Å². The van der Waals surface area contributed by atoms with Crippen LogP contribution >= 0.6 is 11.3 Å². The summed E-state index contributed by atoms with van der Waals surface area (Å²) >= 11 is 1.36. The molecule has 2 bridgehead atoms. The lowest BCUT2D eigenvalue weighted by molar-refractivity contribution is -0.135. The summed E-state index contributed by atoms with van der Waals surface area (Å²) in [6.45, 7) is 1.09. The van der Waals surface area contributed by atoms with Crippen LogP contribution in [0.25, 0.3) is 10.9 Å². The highest BCUT2D eigenvalue weighted by Crippen LogP contribution is 2.52. The zero-order chi connectivity index (χ0) is 20.3. The number of ether oxygens (including phenoxy) is 1. The predicted octanol–water partition coefficient (Wildman–Crippen LogP) is 2.59. The maximum absolute atomic E-state index is 13.3. The van der Waals surface area contributed by atoms with Crippen molar-refractivity contribution in [3.63, 3.8) is 0 Å². The van der Waals surface area contributed by atoms with E-state index in [1.807, 2.05) is 46.8 Å². The molecule has 3 aliphatic heterocycles. The minimum Gasteiger partial charge on any atom is -0.361 e. The number of nitrogens with one attached hydrogen (secondary N) is 2. The van der Waals surface area contributed by atoms with Gasteiger partial charge in [0.25, 0.3) is 0 Å². The van der Waals surface area contributed by atoms with Gasteiger partial charge in [0.05, 0.1) is 24.5 Å². The van der Waals surface area contributed by atoms with Crippen LogP contribution in [0.15, 0.2) is 54.2 Å². The van der Waals surface area contributed by atoms with Gasteiger partial charge in [-0.2, -0.15) is 0 Å². The minimum absolute atomic E-state index is 0.000907. The first kappa shape index (κ1) is 17.9. The molecule has 3 aromatic rings. The Labute approximate surface area is 176 Å². The number of carbonyl (C=O) groups is 2. The fourth-order valence-corrected chi connectivity index (χ4v) is 5.67. The predicted molar refractivity (Wildman–Crippen MR) is 113 cm³/mol. The number of aromatic nitrogens is 2. The van der Waals surface area contributed by atoms with Crippen molar-refractivity contribution >= 4 is 39.2 Å². The molecule has 1 aromatic carbocycles. The zero-order valence-corrected chi connectivity index (χ0v) is 16.9. The first-order valence-electron chi connectivity index (χ1n) is 10.1. The smallest absolute Gasteiger partial charge is 0.233 e. The molecule has 2 N–H and O–H groups in total. The van der Waals surface area contributed by atoms with Crippen molar-refractivity contribution in [3.8, 4) is 0 Å². The third-order valence-electron chi connectivity index (χ3n) is 6.47. The number of nitrogens with zero attached hydrogens (tertiary/aromatic N) is 2. The van der Waals surface area contributed by atoms with Gasteiger partial charge in [0, 0.05) is 35.2 Å². The van der Waals surface area contributed by atoms with Gasteiger partial charge in [-0.25, -0.2) is 4.98 Å². The molecule has 2 saturated heterocycles. The molecule has 3 aliphatic rings. The van der Waals surface area contributed by atoms with Crippen LogP contribution in [0.2, 0.25) is 0 Å². The van der Waals surface area contributed by atoms with E-state index in [1.165, 1.54) is 22.3 Å². The number of hydrogen-bond donors (Lipinski definition) is 2. The van der Waals surface area contributed by atoms with Crippen LogP contribution in [-0.2, 0) is 20.7 Å². The summed E-state index contributed by atoms with van der Waals surface area (Å²) in [6.07, 6.45) is 7.97. The molecular formula is C22H20N4O3S. The molecule has 2 fully saturated rings. The highest BCUT2D eigenvalue weighted by atomic mass is 32.1. The summed E-state index contributed by atoms with van der Waals surface area (Å²) < 4.78 is 6.19. The molecule has 0 aliphatic carbocycles. The average Bonchev–Trinajstić information content (AvgIpc) is 3.55. The van der Waals surface area contributed by atoms with Crippen LogP contribution in [0.1, 0.15) is 5.56 Å². The Morgan fingerprint density at radius 2 is 2.30 bits per heavy atom. The average molecular weight is 420 g/mol. The maximum Gasteiger partial charge on any atom is 0.233 e. The zero-order valence-electron chi connectivity index (χ0n) is 16.1. The number of thiazole rings is 1. The Hall–Kier alpha value is -2.97. The number of H-pyrrole nitrogens is 1. The van der Waals surface area contributed by atoms with Crippen molar-refractivity contribution in [2.45, 2.75) is 18.1 Å². The third kappa shape index (κ3) is 2.57. The van der Waals surface area contributed by atoms with Crippen LogP contribution in [-0.4, -0.2) is 51.5 Å². The highest BCUT2D eigenvalue weighted by molar-refractivity contribution is 7.13. The van der Waals surface area contributed by atoms with Crippen molar-refractivity contribution in [1.82, 2.24) is 14.9 Å². The van der Waals surface area contributed by atoms with Crippen LogP contribution in [0.3, 0.4) is 0 Å². The van der Waals surface area contributed by atoms with Gasteiger partial charge in [0.15, 0.2) is 5.13 Å². The van der Waals surface area contributed by atoms with Crippen molar-refractivity contribution in [3.05, 3.63) is 59.8 Å². The second-order valence-corrected chi connectivity index (χ2v) is 8.99. The Bertz CT molecular complexity index is 1170. The normalized spacial score (nSPS) is 29.1. The van der Waals surface area contributed by atoms with E-state index < -0.39 is 17.4 Å². The highest BCUT2D eigenvalue weighted by Gasteiger charge is 2.66. The third-order valence-corrected chi connectivity index (χ3v) is 7.16. The van der Waals surface area contributed by atoms with Crippen LogP contribution < -0.4 is 5.32 Å². The minimum atomic E-state index is -0.688. The summed E-state index contributed by atoms with van der Waals surface area (Å²) in [5, 5.41) is 6.38. The lowest BCUT2D eigenvalue weighted by Crippen LogP contribution is -2.41. The quantitative estimate of drug-likeness (QED) is 0.621. The summed E-state index contributed by atoms with van der Waals surface area (Å²) in [4.78, 5) is 35.5. The van der Waals surface area contributed by atoms with Gasteiger partial charge in [-0.15, -0.1) is 11.3 Å². The molecule has 5 heterocycles. The van der Waals surface area contributed by atoms with Crippen LogP contribution in [0.5, 0.6) is 0 Å². The first-order chi connectivity index (χ1) is 14.6. The fraction of sp³-hybridized carbons (Fsp3) is 0.318. The number of amides is 2. The Morgan fingerprint density at radius 3 is 3.17 bits per heavy atom. The fourth-order valence-electron chi connectivity index (χ4n) is 5.13. The maximum atomic E-state index is 13.3. The molecule has 152 valence electrons. The van der Waals surface area contributed by atoms with E-state index in [-0.39, 0.29) is 17.9 Å². The van der Waals surface area contributed by atoms with Crippen molar-refractivity contribution in [1.29, 1.82) is 0 Å². The molecule has 0 saturated carbocycles. The number of aromatic amines is 1. The van der Waals surface area contributed by atoms with Gasteiger partial charge in [-0.3, -0.25) is 9.59 Å². The van der Waals surface area contributed by atoms with Gasteiger partial charge in [0.2, 0.25) is 11.8 Å². The molecule has 4 atom stereocenters. The lowest BCUT2D eigenvalue weighted by atomic mass is 9.77. The first-order valence-corrected chi connectivity index (χ1v) is 10.9. The molecule has 0 radical (unpaired) electrons. The van der Waals surface area contributed by atoms with E-state index >= 15 is 0 Å². The van der Waals surface area contributed by atoms with Gasteiger partial charge in [-0.1, -0.05) is 30.4 Å². The number of carbonyl (C=O) groups excluding carboxylic acids is 2. The molecule has 1 spiro atoms. The molecule has 8 heteroatoms. The molecule has 2 amide bonds.